The van der Waals surface area contributed by atoms with E-state index in [1.54, 1.807) is 0 Å². The van der Waals surface area contributed by atoms with E-state index in [1.165, 1.54) is 0 Å². The number of hydrogen-bond donors (Lipinski definition) is 2. The van der Waals surface area contributed by atoms with Gasteiger partial charge in [0.2, 0.25) is 5.91 Å². The second-order valence-electron chi connectivity index (χ2n) is 4.36. The SMILES string of the molecule is CC(C)[C@@H](N)CCC(=O)Nc1ccccc1. The summed E-state index contributed by atoms with van der Waals surface area (Å²) in [4.78, 5) is 11.6. The molecule has 0 unspecified atom stereocenters. The maximum Gasteiger partial charge on any atom is 0.224 e. The predicted molar refractivity (Wildman–Crippen MR) is 67.1 cm³/mol. The van der Waals surface area contributed by atoms with Crippen LogP contribution in [-0.4, -0.2) is 11.9 Å². The Bertz CT molecular complexity index is 322. The van der Waals surface area contributed by atoms with Crippen LogP contribution in [-0.2, 0) is 4.79 Å². The van der Waals surface area contributed by atoms with Crippen LogP contribution in [0.4, 0.5) is 5.69 Å². The number of benzene rings is 1. The fourth-order valence-electron chi connectivity index (χ4n) is 1.38. The summed E-state index contributed by atoms with van der Waals surface area (Å²) in [5.74, 6) is 0.451. The number of amides is 1. The molecule has 3 N–H and O–H groups in total. The summed E-state index contributed by atoms with van der Waals surface area (Å²) in [6, 6.07) is 9.57. The Hall–Kier alpha value is -1.35. The van der Waals surface area contributed by atoms with E-state index in [0.29, 0.717) is 12.3 Å². The lowest BCUT2D eigenvalue weighted by atomic mass is 10.0. The van der Waals surface area contributed by atoms with Crippen LogP contribution in [0.2, 0.25) is 0 Å². The van der Waals surface area contributed by atoms with Crippen LogP contribution >= 0.6 is 0 Å². The van der Waals surface area contributed by atoms with Gasteiger partial charge in [-0.1, -0.05) is 32.0 Å². The largest absolute Gasteiger partial charge is 0.327 e. The van der Waals surface area contributed by atoms with Crippen LogP contribution in [0, 0.1) is 5.92 Å². The van der Waals surface area contributed by atoms with Crippen molar-refractivity contribution in [3.05, 3.63) is 30.3 Å². The Morgan fingerprint density at radius 3 is 2.50 bits per heavy atom. The predicted octanol–water partition coefficient (Wildman–Crippen LogP) is 2.39. The molecule has 0 spiro atoms. The molecule has 88 valence electrons. The standard InChI is InChI=1S/C13H20N2O/c1-10(2)12(14)8-9-13(16)15-11-6-4-3-5-7-11/h3-7,10,12H,8-9,14H2,1-2H3,(H,15,16)/t12-/m0/s1. The third-order valence-electron chi connectivity index (χ3n) is 2.62. The number of carbonyl (C=O) groups excluding carboxylic acids is 1. The minimum Gasteiger partial charge on any atom is -0.327 e. The number of anilines is 1. The molecule has 0 fully saturated rings. The van der Waals surface area contributed by atoms with Gasteiger partial charge >= 0.3 is 0 Å². The zero-order valence-electron chi connectivity index (χ0n) is 9.94. The lowest BCUT2D eigenvalue weighted by molar-refractivity contribution is -0.116. The second-order valence-corrected chi connectivity index (χ2v) is 4.36. The Morgan fingerprint density at radius 1 is 1.31 bits per heavy atom. The van der Waals surface area contributed by atoms with Crippen molar-refractivity contribution in [2.24, 2.45) is 11.7 Å². The fraction of sp³-hybridized carbons (Fsp3) is 0.462. The monoisotopic (exact) mass is 220 g/mol. The number of hydrogen-bond acceptors (Lipinski definition) is 2. The molecule has 3 nitrogen and oxygen atoms in total. The van der Waals surface area contributed by atoms with Crippen LogP contribution < -0.4 is 11.1 Å². The summed E-state index contributed by atoms with van der Waals surface area (Å²) in [5, 5.41) is 2.84. The van der Waals surface area contributed by atoms with Crippen LogP contribution in [0.3, 0.4) is 0 Å². The number of para-hydroxylation sites is 1. The summed E-state index contributed by atoms with van der Waals surface area (Å²) in [6.45, 7) is 4.14. The van der Waals surface area contributed by atoms with Crippen molar-refractivity contribution in [3.8, 4) is 0 Å². The minimum atomic E-state index is 0.0299. The zero-order chi connectivity index (χ0) is 12.0. The molecule has 0 saturated carbocycles. The molecule has 0 radical (unpaired) electrons. The third-order valence-corrected chi connectivity index (χ3v) is 2.62. The van der Waals surface area contributed by atoms with Crippen molar-refractivity contribution < 1.29 is 4.79 Å². The molecule has 16 heavy (non-hydrogen) atoms. The van der Waals surface area contributed by atoms with Crippen LogP contribution in [0.1, 0.15) is 26.7 Å². The number of nitrogens with two attached hydrogens (primary N) is 1. The van der Waals surface area contributed by atoms with Crippen molar-refractivity contribution in [1.29, 1.82) is 0 Å². The number of nitrogens with one attached hydrogen (secondary N) is 1. The molecule has 0 saturated heterocycles. The molecule has 3 heteroatoms. The Balaban J connectivity index is 2.32. The summed E-state index contributed by atoms with van der Waals surface area (Å²) in [7, 11) is 0. The van der Waals surface area contributed by atoms with Crippen LogP contribution in [0.15, 0.2) is 30.3 Å². The molecule has 1 aromatic rings. The van der Waals surface area contributed by atoms with E-state index in [2.05, 4.69) is 19.2 Å². The van der Waals surface area contributed by atoms with Gasteiger partial charge in [-0.05, 0) is 24.5 Å². The van der Waals surface area contributed by atoms with Crippen molar-refractivity contribution >= 4 is 11.6 Å². The summed E-state index contributed by atoms with van der Waals surface area (Å²) < 4.78 is 0. The third kappa shape index (κ3) is 4.45. The van der Waals surface area contributed by atoms with Crippen LogP contribution in [0.5, 0.6) is 0 Å². The number of rotatable bonds is 5. The topological polar surface area (TPSA) is 55.1 Å². The van der Waals surface area contributed by atoms with E-state index >= 15 is 0 Å². The van der Waals surface area contributed by atoms with E-state index < -0.39 is 0 Å². The van der Waals surface area contributed by atoms with Gasteiger partial charge in [-0.25, -0.2) is 0 Å². The highest BCUT2D eigenvalue weighted by molar-refractivity contribution is 5.90. The number of carbonyl (C=O) groups is 1. The first-order chi connectivity index (χ1) is 7.59. The first-order valence-corrected chi connectivity index (χ1v) is 5.70. The van der Waals surface area contributed by atoms with Crippen molar-refractivity contribution in [3.63, 3.8) is 0 Å². The quantitative estimate of drug-likeness (QED) is 0.800. The smallest absolute Gasteiger partial charge is 0.224 e. The summed E-state index contributed by atoms with van der Waals surface area (Å²) in [6.07, 6.45) is 1.21. The molecule has 0 aliphatic rings. The average Bonchev–Trinajstić information content (AvgIpc) is 2.27. The Kier molecular flexibility index (Phi) is 4.99. The molecule has 1 aromatic carbocycles. The molecular formula is C13H20N2O. The molecule has 1 atom stereocenters. The highest BCUT2D eigenvalue weighted by Gasteiger charge is 2.10. The highest BCUT2D eigenvalue weighted by Crippen LogP contribution is 2.09. The van der Waals surface area contributed by atoms with Gasteiger partial charge < -0.3 is 11.1 Å². The van der Waals surface area contributed by atoms with E-state index in [-0.39, 0.29) is 11.9 Å². The molecule has 0 aliphatic heterocycles. The van der Waals surface area contributed by atoms with E-state index in [9.17, 15) is 4.79 Å². The first-order valence-electron chi connectivity index (χ1n) is 5.70. The van der Waals surface area contributed by atoms with E-state index in [1.807, 2.05) is 30.3 Å². The van der Waals surface area contributed by atoms with Gasteiger partial charge in [0.25, 0.3) is 0 Å². The summed E-state index contributed by atoms with van der Waals surface area (Å²) in [5.41, 5.74) is 6.72. The van der Waals surface area contributed by atoms with Gasteiger partial charge in [0.05, 0.1) is 0 Å². The van der Waals surface area contributed by atoms with Gasteiger partial charge in [0.15, 0.2) is 0 Å². The van der Waals surface area contributed by atoms with Crippen LogP contribution in [0.25, 0.3) is 0 Å². The van der Waals surface area contributed by atoms with E-state index in [4.69, 9.17) is 5.73 Å². The highest BCUT2D eigenvalue weighted by atomic mass is 16.1. The molecule has 1 amide bonds. The second kappa shape index (κ2) is 6.28. The minimum absolute atomic E-state index is 0.0299. The lowest BCUT2D eigenvalue weighted by Crippen LogP contribution is -2.28. The van der Waals surface area contributed by atoms with Gasteiger partial charge in [-0.3, -0.25) is 4.79 Å². The Labute approximate surface area is 97.0 Å². The lowest BCUT2D eigenvalue weighted by Gasteiger charge is -2.14. The molecule has 0 heterocycles. The van der Waals surface area contributed by atoms with Crippen molar-refractivity contribution in [1.82, 2.24) is 0 Å². The van der Waals surface area contributed by atoms with Crippen molar-refractivity contribution in [2.75, 3.05) is 5.32 Å². The fourth-order valence-corrected chi connectivity index (χ4v) is 1.38. The summed E-state index contributed by atoms with van der Waals surface area (Å²) >= 11 is 0. The normalized spacial score (nSPS) is 12.5. The first kappa shape index (κ1) is 12.7. The van der Waals surface area contributed by atoms with Gasteiger partial charge in [-0.2, -0.15) is 0 Å². The zero-order valence-corrected chi connectivity index (χ0v) is 9.94. The maximum absolute atomic E-state index is 11.6. The van der Waals surface area contributed by atoms with Gasteiger partial charge in [0, 0.05) is 18.2 Å². The van der Waals surface area contributed by atoms with E-state index in [0.717, 1.165) is 12.1 Å². The Morgan fingerprint density at radius 2 is 1.94 bits per heavy atom. The molecule has 0 aromatic heterocycles. The maximum atomic E-state index is 11.6. The van der Waals surface area contributed by atoms with Gasteiger partial charge in [-0.15, -0.1) is 0 Å². The molecule has 0 aliphatic carbocycles. The molecular weight excluding hydrogens is 200 g/mol. The van der Waals surface area contributed by atoms with Crippen molar-refractivity contribution in [2.45, 2.75) is 32.7 Å². The average molecular weight is 220 g/mol. The molecule has 0 bridgehead atoms. The van der Waals surface area contributed by atoms with Gasteiger partial charge in [0.1, 0.15) is 0 Å². The molecule has 1 rings (SSSR count).